The number of nitrogens with zero attached hydrogens (tertiary/aromatic N) is 2. The van der Waals surface area contributed by atoms with Crippen LogP contribution in [0.2, 0.25) is 0 Å². The number of carbonyl (C=O) groups excluding carboxylic acids is 1. The van der Waals surface area contributed by atoms with Crippen LogP contribution in [-0.4, -0.2) is 22.4 Å². The van der Waals surface area contributed by atoms with Crippen LogP contribution in [0.4, 0.5) is 0 Å². The van der Waals surface area contributed by atoms with Gasteiger partial charge in [0.2, 0.25) is 0 Å². The molecule has 0 aliphatic rings. The predicted octanol–water partition coefficient (Wildman–Crippen LogP) is 3.93. The zero-order chi connectivity index (χ0) is 14.7. The maximum absolute atomic E-state index is 12.0. The number of rotatable bonds is 4. The van der Waals surface area contributed by atoms with E-state index in [4.69, 9.17) is 4.74 Å². The highest BCUT2D eigenvalue weighted by molar-refractivity contribution is 9.10. The average Bonchev–Trinajstić information content (AvgIpc) is 2.84. The lowest BCUT2D eigenvalue weighted by atomic mass is 10.1. The second-order valence-electron chi connectivity index (χ2n) is 4.71. The van der Waals surface area contributed by atoms with Gasteiger partial charge < -0.3 is 4.74 Å². The van der Waals surface area contributed by atoms with Crippen molar-refractivity contribution in [3.05, 3.63) is 46.2 Å². The Labute approximate surface area is 126 Å². The van der Waals surface area contributed by atoms with Crippen molar-refractivity contribution in [2.24, 2.45) is 0 Å². The third-order valence-corrected chi connectivity index (χ3v) is 3.45. The fourth-order valence-corrected chi connectivity index (χ4v) is 2.33. The lowest BCUT2D eigenvalue weighted by Crippen LogP contribution is -2.11. The van der Waals surface area contributed by atoms with Crippen LogP contribution < -0.4 is 0 Å². The van der Waals surface area contributed by atoms with E-state index in [1.165, 1.54) is 0 Å². The highest BCUT2D eigenvalue weighted by Gasteiger charge is 2.21. The highest BCUT2D eigenvalue weighted by Crippen LogP contribution is 2.24. The highest BCUT2D eigenvalue weighted by atomic mass is 79.9. The van der Waals surface area contributed by atoms with E-state index in [9.17, 15) is 4.79 Å². The molecule has 0 aliphatic heterocycles. The molecule has 1 heterocycles. The molecule has 0 fully saturated rings. The molecular weight excluding hydrogens is 320 g/mol. The van der Waals surface area contributed by atoms with Crippen LogP contribution in [0.25, 0.3) is 5.69 Å². The van der Waals surface area contributed by atoms with Gasteiger partial charge in [0, 0.05) is 4.47 Å². The minimum atomic E-state index is -0.320. The molecule has 0 aliphatic carbocycles. The Morgan fingerprint density at radius 3 is 2.55 bits per heavy atom. The van der Waals surface area contributed by atoms with Crippen LogP contribution in [0.15, 0.2) is 34.9 Å². The first kappa shape index (κ1) is 14.8. The molecule has 0 atom stereocenters. The molecule has 4 nitrogen and oxygen atoms in total. The van der Waals surface area contributed by atoms with Crippen LogP contribution in [0, 0.1) is 0 Å². The van der Waals surface area contributed by atoms with Crippen molar-refractivity contribution in [3.63, 3.8) is 0 Å². The van der Waals surface area contributed by atoms with Gasteiger partial charge in [0.25, 0.3) is 0 Å². The molecule has 0 unspecified atom stereocenters. The SMILES string of the molecule is CCOC(=O)c1cnn(-c2ccc(Br)cc2)c1C(C)C. The van der Waals surface area contributed by atoms with Gasteiger partial charge >= 0.3 is 5.97 Å². The first-order valence-electron chi connectivity index (χ1n) is 6.55. The Balaban J connectivity index is 2.49. The van der Waals surface area contributed by atoms with E-state index >= 15 is 0 Å². The molecule has 0 spiro atoms. The van der Waals surface area contributed by atoms with Crippen LogP contribution in [0.5, 0.6) is 0 Å². The second-order valence-corrected chi connectivity index (χ2v) is 5.62. The van der Waals surface area contributed by atoms with E-state index in [0.29, 0.717) is 12.2 Å². The van der Waals surface area contributed by atoms with E-state index in [1.54, 1.807) is 17.8 Å². The van der Waals surface area contributed by atoms with Gasteiger partial charge in [0.1, 0.15) is 5.56 Å². The Morgan fingerprint density at radius 1 is 1.35 bits per heavy atom. The summed E-state index contributed by atoms with van der Waals surface area (Å²) in [4.78, 5) is 12.0. The van der Waals surface area contributed by atoms with Crippen LogP contribution in [-0.2, 0) is 4.74 Å². The molecule has 20 heavy (non-hydrogen) atoms. The molecule has 0 saturated carbocycles. The fourth-order valence-electron chi connectivity index (χ4n) is 2.07. The number of hydrogen-bond donors (Lipinski definition) is 0. The monoisotopic (exact) mass is 336 g/mol. The van der Waals surface area contributed by atoms with Gasteiger partial charge in [0.15, 0.2) is 0 Å². The molecule has 2 aromatic rings. The Morgan fingerprint density at radius 2 is 2.00 bits per heavy atom. The largest absolute Gasteiger partial charge is 0.462 e. The zero-order valence-electron chi connectivity index (χ0n) is 11.8. The van der Waals surface area contributed by atoms with Crippen molar-refractivity contribution in [3.8, 4) is 5.69 Å². The van der Waals surface area contributed by atoms with Crippen molar-refractivity contribution < 1.29 is 9.53 Å². The van der Waals surface area contributed by atoms with Gasteiger partial charge in [-0.3, -0.25) is 0 Å². The summed E-state index contributed by atoms with van der Waals surface area (Å²) in [6.45, 7) is 6.23. The first-order chi connectivity index (χ1) is 9.54. The number of esters is 1. The number of aromatic nitrogens is 2. The van der Waals surface area contributed by atoms with E-state index < -0.39 is 0 Å². The summed E-state index contributed by atoms with van der Waals surface area (Å²) in [6.07, 6.45) is 1.58. The zero-order valence-corrected chi connectivity index (χ0v) is 13.3. The molecule has 0 N–H and O–H groups in total. The van der Waals surface area contributed by atoms with Crippen LogP contribution in [0.1, 0.15) is 42.7 Å². The van der Waals surface area contributed by atoms with E-state index in [0.717, 1.165) is 15.9 Å². The third kappa shape index (κ3) is 2.93. The Bertz CT molecular complexity index is 603. The summed E-state index contributed by atoms with van der Waals surface area (Å²) < 4.78 is 7.89. The Hall–Kier alpha value is -1.62. The van der Waals surface area contributed by atoms with Gasteiger partial charge in [0.05, 0.1) is 24.2 Å². The maximum Gasteiger partial charge on any atom is 0.341 e. The quantitative estimate of drug-likeness (QED) is 0.794. The van der Waals surface area contributed by atoms with Gasteiger partial charge in [-0.05, 0) is 37.1 Å². The summed E-state index contributed by atoms with van der Waals surface area (Å²) in [5, 5.41) is 4.34. The second kappa shape index (κ2) is 6.22. The topological polar surface area (TPSA) is 44.1 Å². The minimum absolute atomic E-state index is 0.167. The number of carbonyl (C=O) groups is 1. The average molecular weight is 337 g/mol. The summed E-state index contributed by atoms with van der Waals surface area (Å²) in [5.41, 5.74) is 2.32. The van der Waals surface area contributed by atoms with Crippen LogP contribution >= 0.6 is 15.9 Å². The van der Waals surface area contributed by atoms with Gasteiger partial charge in [-0.25, -0.2) is 9.48 Å². The summed E-state index contributed by atoms with van der Waals surface area (Å²) in [6, 6.07) is 7.81. The Kier molecular flexibility index (Phi) is 4.60. The first-order valence-corrected chi connectivity index (χ1v) is 7.34. The van der Waals surface area contributed by atoms with E-state index in [2.05, 4.69) is 21.0 Å². The lowest BCUT2D eigenvalue weighted by Gasteiger charge is -2.12. The predicted molar refractivity (Wildman–Crippen MR) is 81.3 cm³/mol. The van der Waals surface area contributed by atoms with Crippen molar-refractivity contribution in [2.45, 2.75) is 26.7 Å². The number of halogens is 1. The van der Waals surface area contributed by atoms with E-state index in [-0.39, 0.29) is 11.9 Å². The van der Waals surface area contributed by atoms with Gasteiger partial charge in [-0.15, -0.1) is 0 Å². The fraction of sp³-hybridized carbons (Fsp3) is 0.333. The van der Waals surface area contributed by atoms with Gasteiger partial charge in [-0.1, -0.05) is 29.8 Å². The third-order valence-electron chi connectivity index (χ3n) is 2.92. The molecule has 0 amide bonds. The van der Waals surface area contributed by atoms with Crippen molar-refractivity contribution in [1.29, 1.82) is 0 Å². The molecule has 1 aromatic carbocycles. The van der Waals surface area contributed by atoms with Crippen molar-refractivity contribution >= 4 is 21.9 Å². The normalized spacial score (nSPS) is 10.8. The molecule has 0 radical (unpaired) electrons. The standard InChI is InChI=1S/C15H17BrN2O2/c1-4-20-15(19)13-9-17-18(14(13)10(2)3)12-7-5-11(16)6-8-12/h5-10H,4H2,1-3H3. The number of benzene rings is 1. The number of ether oxygens (including phenoxy) is 1. The molecular formula is C15H17BrN2O2. The molecule has 106 valence electrons. The smallest absolute Gasteiger partial charge is 0.341 e. The van der Waals surface area contributed by atoms with Crippen molar-refractivity contribution in [2.75, 3.05) is 6.61 Å². The molecule has 5 heteroatoms. The van der Waals surface area contributed by atoms with Gasteiger partial charge in [-0.2, -0.15) is 5.10 Å². The molecule has 1 aromatic heterocycles. The molecule has 2 rings (SSSR count). The summed E-state index contributed by atoms with van der Waals surface area (Å²) in [5.74, 6) is -0.153. The van der Waals surface area contributed by atoms with Crippen molar-refractivity contribution in [1.82, 2.24) is 9.78 Å². The van der Waals surface area contributed by atoms with E-state index in [1.807, 2.05) is 38.1 Å². The molecule has 0 bridgehead atoms. The lowest BCUT2D eigenvalue weighted by molar-refractivity contribution is 0.0524. The molecule has 0 saturated heterocycles. The number of hydrogen-bond acceptors (Lipinski definition) is 3. The maximum atomic E-state index is 12.0. The summed E-state index contributed by atoms with van der Waals surface area (Å²) in [7, 11) is 0. The van der Waals surface area contributed by atoms with Crippen LogP contribution in [0.3, 0.4) is 0 Å². The summed E-state index contributed by atoms with van der Waals surface area (Å²) >= 11 is 3.41. The minimum Gasteiger partial charge on any atom is -0.462 e.